The van der Waals surface area contributed by atoms with Crippen LogP contribution in [0.2, 0.25) is 10.0 Å². The highest BCUT2D eigenvalue weighted by Gasteiger charge is 2.10. The number of nitrogens with one attached hydrogen (secondary N) is 2. The molecule has 25 heavy (non-hydrogen) atoms. The van der Waals surface area contributed by atoms with Gasteiger partial charge in [-0.1, -0.05) is 40.9 Å². The van der Waals surface area contributed by atoms with E-state index in [2.05, 4.69) is 35.5 Å². The summed E-state index contributed by atoms with van der Waals surface area (Å²) >= 11 is 12.1. The summed E-state index contributed by atoms with van der Waals surface area (Å²) in [5.41, 5.74) is 2.50. The Balaban J connectivity index is 0.00000312. The molecule has 2 rings (SSSR count). The molecular weight excluding hydrogens is 472 g/mol. The van der Waals surface area contributed by atoms with Crippen molar-refractivity contribution in [2.24, 2.45) is 4.99 Å². The van der Waals surface area contributed by atoms with Gasteiger partial charge < -0.3 is 15.4 Å². The fourth-order valence-electron chi connectivity index (χ4n) is 2.49. The van der Waals surface area contributed by atoms with Crippen LogP contribution in [-0.4, -0.2) is 32.3 Å². The number of halogens is 3. The van der Waals surface area contributed by atoms with Gasteiger partial charge in [0.1, 0.15) is 0 Å². The Morgan fingerprint density at radius 1 is 1.32 bits per heavy atom. The molecule has 0 bridgehead atoms. The van der Waals surface area contributed by atoms with Gasteiger partial charge in [0.15, 0.2) is 5.96 Å². The van der Waals surface area contributed by atoms with Crippen molar-refractivity contribution in [3.63, 3.8) is 0 Å². The Morgan fingerprint density at radius 3 is 2.76 bits per heavy atom. The lowest BCUT2D eigenvalue weighted by molar-refractivity contribution is 0.153. The van der Waals surface area contributed by atoms with Crippen LogP contribution >= 0.6 is 47.2 Å². The number of aliphatic imine (C=N–C) groups is 1. The van der Waals surface area contributed by atoms with Gasteiger partial charge in [-0.15, -0.1) is 24.0 Å². The van der Waals surface area contributed by atoms with E-state index < -0.39 is 0 Å². The molecule has 2 N–H and O–H groups in total. The minimum absolute atomic E-state index is 0. The summed E-state index contributed by atoms with van der Waals surface area (Å²) in [5.74, 6) is 0.809. The van der Waals surface area contributed by atoms with Crippen LogP contribution in [0.4, 0.5) is 0 Å². The van der Waals surface area contributed by atoms with E-state index in [1.807, 2.05) is 18.2 Å². The summed E-state index contributed by atoms with van der Waals surface area (Å²) < 4.78 is 5.33. The van der Waals surface area contributed by atoms with Gasteiger partial charge >= 0.3 is 0 Å². The van der Waals surface area contributed by atoms with Gasteiger partial charge in [-0.2, -0.15) is 0 Å². The van der Waals surface area contributed by atoms with Crippen LogP contribution in [-0.2, 0) is 4.74 Å². The van der Waals surface area contributed by atoms with Crippen LogP contribution in [0.25, 0.3) is 0 Å². The van der Waals surface area contributed by atoms with E-state index in [4.69, 9.17) is 27.9 Å². The van der Waals surface area contributed by atoms with E-state index >= 15 is 0 Å². The number of ether oxygens (including phenoxy) is 1. The van der Waals surface area contributed by atoms with Crippen LogP contribution in [0.3, 0.4) is 0 Å². The summed E-state index contributed by atoms with van der Waals surface area (Å²) in [6.45, 7) is 7.26. The van der Waals surface area contributed by atoms with Crippen molar-refractivity contribution in [1.82, 2.24) is 10.6 Å². The number of benzene rings is 1. The average molecular weight is 498 g/mol. The summed E-state index contributed by atoms with van der Waals surface area (Å²) in [5, 5.41) is 7.83. The first-order chi connectivity index (χ1) is 11.6. The monoisotopic (exact) mass is 497 g/mol. The predicted octanol–water partition coefficient (Wildman–Crippen LogP) is 4.96. The minimum Gasteiger partial charge on any atom is -0.377 e. The van der Waals surface area contributed by atoms with E-state index in [1.165, 1.54) is 5.57 Å². The highest BCUT2D eigenvalue weighted by Crippen LogP contribution is 2.25. The largest absolute Gasteiger partial charge is 0.377 e. The van der Waals surface area contributed by atoms with E-state index in [9.17, 15) is 0 Å². The number of rotatable bonds is 6. The number of guanidine groups is 1. The SMILES string of the molecule is CCNC(=NCCC1=CCOCC1)NC(C)c1ccc(Cl)c(Cl)c1.I. The molecular formula is C18H26Cl2IN3O. The third-order valence-corrected chi connectivity index (χ3v) is 4.64. The van der Waals surface area contributed by atoms with E-state index in [-0.39, 0.29) is 30.0 Å². The average Bonchev–Trinajstić information content (AvgIpc) is 2.58. The fourth-order valence-corrected chi connectivity index (χ4v) is 2.80. The maximum absolute atomic E-state index is 6.10. The summed E-state index contributed by atoms with van der Waals surface area (Å²) in [6, 6.07) is 5.76. The zero-order valence-electron chi connectivity index (χ0n) is 14.6. The lowest BCUT2D eigenvalue weighted by Crippen LogP contribution is -2.38. The van der Waals surface area contributed by atoms with Crippen molar-refractivity contribution >= 4 is 53.1 Å². The van der Waals surface area contributed by atoms with E-state index in [0.717, 1.165) is 50.7 Å². The molecule has 1 unspecified atom stereocenters. The first kappa shape index (κ1) is 22.5. The molecule has 1 aliphatic rings. The van der Waals surface area contributed by atoms with E-state index in [0.29, 0.717) is 10.0 Å². The highest BCUT2D eigenvalue weighted by molar-refractivity contribution is 14.0. The molecule has 140 valence electrons. The Labute approximate surface area is 177 Å². The topological polar surface area (TPSA) is 45.7 Å². The molecule has 0 saturated heterocycles. The van der Waals surface area contributed by atoms with Gasteiger partial charge in [0.05, 0.1) is 29.3 Å². The second kappa shape index (κ2) is 12.0. The molecule has 1 atom stereocenters. The quantitative estimate of drug-likeness (QED) is 0.252. The molecule has 0 fully saturated rings. The van der Waals surface area contributed by atoms with Crippen LogP contribution in [0.5, 0.6) is 0 Å². The lowest BCUT2D eigenvalue weighted by atomic mass is 10.1. The lowest BCUT2D eigenvalue weighted by Gasteiger charge is -2.19. The third kappa shape index (κ3) is 7.72. The zero-order chi connectivity index (χ0) is 17.4. The van der Waals surface area contributed by atoms with Crippen molar-refractivity contribution in [1.29, 1.82) is 0 Å². The standard InChI is InChI=1S/C18H25Cl2N3O.HI/c1-3-21-18(22-9-6-14-7-10-24-11-8-14)23-13(2)15-4-5-16(19)17(20)12-15;/h4-5,7,12-13H,3,6,8-11H2,1-2H3,(H2,21,22,23);1H. The normalized spacial score (nSPS) is 15.8. The van der Waals surface area contributed by atoms with Crippen LogP contribution < -0.4 is 10.6 Å². The molecule has 1 heterocycles. The maximum Gasteiger partial charge on any atom is 0.191 e. The molecule has 0 amide bonds. The first-order valence-corrected chi connectivity index (χ1v) is 9.11. The minimum atomic E-state index is 0. The van der Waals surface area contributed by atoms with Crippen molar-refractivity contribution in [3.8, 4) is 0 Å². The second-order valence-electron chi connectivity index (χ2n) is 5.74. The Kier molecular flexibility index (Phi) is 10.8. The van der Waals surface area contributed by atoms with Gasteiger partial charge in [-0.3, -0.25) is 4.99 Å². The Hall–Kier alpha value is -0.500. The molecule has 4 nitrogen and oxygen atoms in total. The van der Waals surface area contributed by atoms with E-state index in [1.54, 1.807) is 0 Å². The van der Waals surface area contributed by atoms with Crippen molar-refractivity contribution < 1.29 is 4.74 Å². The van der Waals surface area contributed by atoms with Gasteiger partial charge in [-0.25, -0.2) is 0 Å². The van der Waals surface area contributed by atoms with Crippen LogP contribution in [0.1, 0.15) is 38.3 Å². The smallest absolute Gasteiger partial charge is 0.191 e. The number of hydrogen-bond donors (Lipinski definition) is 2. The second-order valence-corrected chi connectivity index (χ2v) is 6.55. The summed E-state index contributed by atoms with van der Waals surface area (Å²) in [4.78, 5) is 4.67. The zero-order valence-corrected chi connectivity index (χ0v) is 18.5. The van der Waals surface area contributed by atoms with Gasteiger partial charge in [0.25, 0.3) is 0 Å². The van der Waals surface area contributed by atoms with Gasteiger partial charge in [-0.05, 0) is 44.4 Å². The molecule has 0 radical (unpaired) electrons. The van der Waals surface area contributed by atoms with Crippen LogP contribution in [0.15, 0.2) is 34.8 Å². The Morgan fingerprint density at radius 2 is 2.12 bits per heavy atom. The van der Waals surface area contributed by atoms with Crippen molar-refractivity contribution in [2.75, 3.05) is 26.3 Å². The number of nitrogens with zero attached hydrogens (tertiary/aromatic N) is 1. The molecule has 0 aliphatic carbocycles. The molecule has 1 aromatic rings. The van der Waals surface area contributed by atoms with Gasteiger partial charge in [0.2, 0.25) is 0 Å². The Bertz CT molecular complexity index is 608. The number of hydrogen-bond acceptors (Lipinski definition) is 2. The summed E-state index contributed by atoms with van der Waals surface area (Å²) in [6.07, 6.45) is 4.15. The molecule has 7 heteroatoms. The first-order valence-electron chi connectivity index (χ1n) is 8.35. The maximum atomic E-state index is 6.10. The van der Waals surface area contributed by atoms with Crippen molar-refractivity contribution in [3.05, 3.63) is 45.5 Å². The molecule has 1 aliphatic heterocycles. The molecule has 1 aromatic carbocycles. The fraction of sp³-hybridized carbons (Fsp3) is 0.500. The van der Waals surface area contributed by atoms with Gasteiger partial charge in [0, 0.05) is 13.1 Å². The van der Waals surface area contributed by atoms with Crippen LogP contribution in [0, 0.1) is 0 Å². The highest BCUT2D eigenvalue weighted by atomic mass is 127. The van der Waals surface area contributed by atoms with Crippen molar-refractivity contribution in [2.45, 2.75) is 32.7 Å². The predicted molar refractivity (Wildman–Crippen MR) is 118 cm³/mol. The molecule has 0 saturated carbocycles. The summed E-state index contributed by atoms with van der Waals surface area (Å²) in [7, 11) is 0. The molecule has 0 aromatic heterocycles. The third-order valence-electron chi connectivity index (χ3n) is 3.90. The molecule has 0 spiro atoms.